The molecule has 3 aromatic carbocycles. The molecule has 1 aliphatic carbocycles. The molecular formula is C27H27NO3. The van der Waals surface area contributed by atoms with Gasteiger partial charge in [0.15, 0.2) is 6.10 Å². The molecule has 1 N–H and O–H groups in total. The zero-order chi connectivity index (χ0) is 21.6. The number of benzene rings is 3. The number of hydrogen-bond acceptors (Lipinski definition) is 3. The van der Waals surface area contributed by atoms with Gasteiger partial charge in [0.05, 0.1) is 12.5 Å². The molecule has 1 aliphatic rings. The van der Waals surface area contributed by atoms with Crippen LogP contribution in [0, 0.1) is 0 Å². The molecule has 1 amide bonds. The third kappa shape index (κ3) is 5.21. The fraction of sp³-hybridized carbons (Fsp3) is 0.259. The van der Waals surface area contributed by atoms with E-state index in [0.717, 1.165) is 36.0 Å². The Bertz CT molecular complexity index is 1040. The summed E-state index contributed by atoms with van der Waals surface area (Å²) >= 11 is 0. The SMILES string of the molecule is C[C@@H](OC(=O)Cc1ccc(-c2ccccc2)cc1)C(=O)N[C@H]1CCCc2ccccc21. The van der Waals surface area contributed by atoms with Crippen molar-refractivity contribution in [2.75, 3.05) is 0 Å². The molecule has 0 saturated carbocycles. The van der Waals surface area contributed by atoms with E-state index in [1.165, 1.54) is 11.1 Å². The van der Waals surface area contributed by atoms with Gasteiger partial charge in [-0.25, -0.2) is 0 Å². The Kier molecular flexibility index (Phi) is 6.46. The molecule has 2 atom stereocenters. The zero-order valence-corrected chi connectivity index (χ0v) is 17.7. The second-order valence-electron chi connectivity index (χ2n) is 8.02. The topological polar surface area (TPSA) is 55.4 Å². The van der Waals surface area contributed by atoms with Crippen molar-refractivity contribution in [3.05, 3.63) is 95.6 Å². The predicted molar refractivity (Wildman–Crippen MR) is 121 cm³/mol. The van der Waals surface area contributed by atoms with E-state index in [0.29, 0.717) is 0 Å². The molecule has 0 unspecified atom stereocenters. The molecule has 0 saturated heterocycles. The van der Waals surface area contributed by atoms with Gasteiger partial charge in [0.1, 0.15) is 0 Å². The van der Waals surface area contributed by atoms with Gasteiger partial charge >= 0.3 is 5.97 Å². The van der Waals surface area contributed by atoms with Crippen molar-refractivity contribution in [1.82, 2.24) is 5.32 Å². The fourth-order valence-electron chi connectivity index (χ4n) is 4.10. The van der Waals surface area contributed by atoms with Gasteiger partial charge in [0.25, 0.3) is 5.91 Å². The van der Waals surface area contributed by atoms with Gasteiger partial charge in [-0.1, -0.05) is 78.9 Å². The second-order valence-corrected chi connectivity index (χ2v) is 8.02. The van der Waals surface area contributed by atoms with Crippen LogP contribution in [0.5, 0.6) is 0 Å². The van der Waals surface area contributed by atoms with Gasteiger partial charge in [0, 0.05) is 0 Å². The van der Waals surface area contributed by atoms with E-state index in [2.05, 4.69) is 17.4 Å². The Balaban J connectivity index is 1.31. The predicted octanol–water partition coefficient (Wildman–Crippen LogP) is 5.02. The fourth-order valence-corrected chi connectivity index (χ4v) is 4.10. The zero-order valence-electron chi connectivity index (χ0n) is 17.7. The Labute approximate surface area is 183 Å². The highest BCUT2D eigenvalue weighted by molar-refractivity contribution is 5.84. The maximum atomic E-state index is 12.6. The summed E-state index contributed by atoms with van der Waals surface area (Å²) in [5.74, 6) is -0.659. The number of amides is 1. The average molecular weight is 414 g/mol. The summed E-state index contributed by atoms with van der Waals surface area (Å²) in [7, 11) is 0. The Hall–Kier alpha value is -3.40. The molecule has 0 heterocycles. The first kappa shape index (κ1) is 20.9. The molecule has 3 aromatic rings. The standard InChI is InChI=1S/C27H27NO3/c1-19(27(30)28-25-13-7-11-23-10-5-6-12-24(23)25)31-26(29)18-20-14-16-22(17-15-20)21-8-3-2-4-9-21/h2-6,8-10,12,14-17,19,25H,7,11,13,18H2,1H3,(H,28,30)/t19-,25+/m1/s1. The first-order valence-corrected chi connectivity index (χ1v) is 10.8. The third-order valence-electron chi connectivity index (χ3n) is 5.77. The number of carbonyl (C=O) groups excluding carboxylic acids is 2. The Morgan fingerprint density at radius 1 is 0.935 bits per heavy atom. The lowest BCUT2D eigenvalue weighted by molar-refractivity contribution is -0.154. The van der Waals surface area contributed by atoms with Gasteiger partial charge in [0.2, 0.25) is 0 Å². The normalized spacial score (nSPS) is 16.1. The van der Waals surface area contributed by atoms with E-state index in [9.17, 15) is 9.59 Å². The molecule has 158 valence electrons. The van der Waals surface area contributed by atoms with Crippen LogP contribution < -0.4 is 5.32 Å². The molecule has 0 bridgehead atoms. The van der Waals surface area contributed by atoms with Crippen LogP contribution in [0.1, 0.15) is 42.5 Å². The summed E-state index contributed by atoms with van der Waals surface area (Å²) in [6.07, 6.45) is 2.28. The Morgan fingerprint density at radius 2 is 1.61 bits per heavy atom. The van der Waals surface area contributed by atoms with Crippen molar-refractivity contribution >= 4 is 11.9 Å². The highest BCUT2D eigenvalue weighted by atomic mass is 16.5. The van der Waals surface area contributed by atoms with Gasteiger partial charge in [-0.15, -0.1) is 0 Å². The molecule has 0 aromatic heterocycles. The van der Waals surface area contributed by atoms with Crippen molar-refractivity contribution in [2.24, 2.45) is 0 Å². The van der Waals surface area contributed by atoms with E-state index in [4.69, 9.17) is 4.74 Å². The molecular weight excluding hydrogens is 386 g/mol. The third-order valence-corrected chi connectivity index (χ3v) is 5.77. The van der Waals surface area contributed by atoms with Crippen molar-refractivity contribution in [3.63, 3.8) is 0 Å². The smallest absolute Gasteiger partial charge is 0.311 e. The van der Waals surface area contributed by atoms with Crippen LogP contribution in [-0.2, 0) is 27.2 Å². The van der Waals surface area contributed by atoms with Crippen LogP contribution in [0.25, 0.3) is 11.1 Å². The molecule has 0 radical (unpaired) electrons. The summed E-state index contributed by atoms with van der Waals surface area (Å²) in [5, 5.41) is 3.05. The maximum absolute atomic E-state index is 12.6. The monoisotopic (exact) mass is 413 g/mol. The summed E-state index contributed by atoms with van der Waals surface area (Å²) in [5.41, 5.74) is 5.53. The molecule has 0 fully saturated rings. The van der Waals surface area contributed by atoms with Crippen LogP contribution in [0.3, 0.4) is 0 Å². The second kappa shape index (κ2) is 9.61. The van der Waals surface area contributed by atoms with E-state index < -0.39 is 12.1 Å². The number of hydrogen-bond donors (Lipinski definition) is 1. The molecule has 4 heteroatoms. The molecule has 4 rings (SSSR count). The van der Waals surface area contributed by atoms with Crippen molar-refractivity contribution in [3.8, 4) is 11.1 Å². The number of rotatable bonds is 6. The van der Waals surface area contributed by atoms with E-state index in [1.54, 1.807) is 6.92 Å². The maximum Gasteiger partial charge on any atom is 0.311 e. The number of carbonyl (C=O) groups is 2. The summed E-state index contributed by atoms with van der Waals surface area (Å²) in [4.78, 5) is 25.0. The lowest BCUT2D eigenvalue weighted by Crippen LogP contribution is -2.39. The quantitative estimate of drug-likeness (QED) is 0.577. The number of nitrogens with one attached hydrogen (secondary N) is 1. The highest BCUT2D eigenvalue weighted by Crippen LogP contribution is 2.29. The van der Waals surface area contributed by atoms with Gasteiger partial charge in [-0.05, 0) is 54.0 Å². The molecule has 31 heavy (non-hydrogen) atoms. The van der Waals surface area contributed by atoms with Crippen LogP contribution >= 0.6 is 0 Å². The minimum atomic E-state index is -0.829. The summed E-state index contributed by atoms with van der Waals surface area (Å²) in [6.45, 7) is 1.63. The van der Waals surface area contributed by atoms with Crippen molar-refractivity contribution < 1.29 is 14.3 Å². The number of aryl methyl sites for hydroxylation is 1. The minimum Gasteiger partial charge on any atom is -0.452 e. The largest absolute Gasteiger partial charge is 0.452 e. The molecule has 4 nitrogen and oxygen atoms in total. The number of esters is 1. The van der Waals surface area contributed by atoms with Crippen LogP contribution in [0.2, 0.25) is 0 Å². The number of ether oxygens (including phenoxy) is 1. The lowest BCUT2D eigenvalue weighted by Gasteiger charge is -2.27. The van der Waals surface area contributed by atoms with E-state index in [1.807, 2.05) is 66.7 Å². The Morgan fingerprint density at radius 3 is 2.39 bits per heavy atom. The van der Waals surface area contributed by atoms with Gasteiger partial charge in [-0.2, -0.15) is 0 Å². The summed E-state index contributed by atoms with van der Waals surface area (Å²) in [6, 6.07) is 26.1. The lowest BCUT2D eigenvalue weighted by atomic mass is 9.87. The highest BCUT2D eigenvalue weighted by Gasteiger charge is 2.25. The van der Waals surface area contributed by atoms with Gasteiger partial charge in [-0.3, -0.25) is 9.59 Å². The van der Waals surface area contributed by atoms with E-state index in [-0.39, 0.29) is 18.4 Å². The van der Waals surface area contributed by atoms with Crippen LogP contribution in [0.15, 0.2) is 78.9 Å². The average Bonchev–Trinajstić information content (AvgIpc) is 2.80. The minimum absolute atomic E-state index is 0.0240. The van der Waals surface area contributed by atoms with Crippen LogP contribution in [-0.4, -0.2) is 18.0 Å². The molecule has 0 spiro atoms. The first-order valence-electron chi connectivity index (χ1n) is 10.8. The van der Waals surface area contributed by atoms with Crippen molar-refractivity contribution in [2.45, 2.75) is 44.8 Å². The van der Waals surface area contributed by atoms with Gasteiger partial charge < -0.3 is 10.1 Å². The van der Waals surface area contributed by atoms with Crippen LogP contribution in [0.4, 0.5) is 0 Å². The summed E-state index contributed by atoms with van der Waals surface area (Å²) < 4.78 is 5.41. The van der Waals surface area contributed by atoms with Crippen molar-refractivity contribution in [1.29, 1.82) is 0 Å². The van der Waals surface area contributed by atoms with E-state index >= 15 is 0 Å². The molecule has 0 aliphatic heterocycles. The number of fused-ring (bicyclic) bond motifs is 1. The first-order chi connectivity index (χ1) is 15.1.